The number of sulfonamides is 1. The largest absolute Gasteiger partial charge is 0.491 e. The number of carbonyl (C=O) groups is 1. The highest BCUT2D eigenvalue weighted by Crippen LogP contribution is 2.27. The van der Waals surface area contributed by atoms with Crippen molar-refractivity contribution in [1.82, 2.24) is 9.62 Å². The van der Waals surface area contributed by atoms with Crippen molar-refractivity contribution < 1.29 is 17.9 Å². The molecule has 0 saturated carbocycles. The molecular formula is C25H26Cl2N2O4S. The number of nitrogens with one attached hydrogen (secondary N) is 1. The van der Waals surface area contributed by atoms with Crippen molar-refractivity contribution >= 4 is 49.9 Å². The Kier molecular flexibility index (Phi) is 7.99. The van der Waals surface area contributed by atoms with E-state index in [2.05, 4.69) is 5.32 Å². The van der Waals surface area contributed by atoms with Crippen molar-refractivity contribution in [3.63, 3.8) is 0 Å². The number of rotatable bonds is 8. The standard InChI is InChI=1S/C25H26Cl2N2O4S/c26-22-11-10-18(15-23(22)27)17-34(31,32)29-13-4-7-20(16-29)25(30)28-12-14-33-24-9-3-6-19-5-1-2-8-21(19)24/h1-3,5-6,8-11,15,20H,4,7,12-14,16-17H2,(H,28,30)/t20-/m1/s1. The van der Waals surface area contributed by atoms with Crippen molar-refractivity contribution in [2.45, 2.75) is 18.6 Å². The number of carbonyl (C=O) groups excluding carboxylic acids is 1. The molecule has 1 aliphatic heterocycles. The molecule has 0 spiro atoms. The molecule has 0 unspecified atom stereocenters. The highest BCUT2D eigenvalue weighted by molar-refractivity contribution is 7.88. The number of piperidine rings is 1. The molecule has 180 valence electrons. The lowest BCUT2D eigenvalue weighted by Gasteiger charge is -2.31. The molecular weight excluding hydrogens is 495 g/mol. The highest BCUT2D eigenvalue weighted by atomic mass is 35.5. The fourth-order valence-electron chi connectivity index (χ4n) is 4.14. The first-order valence-corrected chi connectivity index (χ1v) is 13.5. The Bertz CT molecular complexity index is 1280. The lowest BCUT2D eigenvalue weighted by molar-refractivity contribution is -0.126. The summed E-state index contributed by atoms with van der Waals surface area (Å²) in [5, 5.41) is 5.69. The molecule has 1 amide bonds. The minimum Gasteiger partial charge on any atom is -0.491 e. The molecule has 4 rings (SSSR count). The number of fused-ring (bicyclic) bond motifs is 1. The van der Waals surface area contributed by atoms with Crippen molar-refractivity contribution in [3.8, 4) is 5.75 Å². The van der Waals surface area contributed by atoms with Crippen LogP contribution in [-0.4, -0.2) is 44.9 Å². The van der Waals surface area contributed by atoms with Gasteiger partial charge in [0.25, 0.3) is 0 Å². The van der Waals surface area contributed by atoms with Gasteiger partial charge in [0.15, 0.2) is 0 Å². The summed E-state index contributed by atoms with van der Waals surface area (Å²) >= 11 is 11.9. The van der Waals surface area contributed by atoms with Gasteiger partial charge in [-0.05, 0) is 42.0 Å². The predicted molar refractivity (Wildman–Crippen MR) is 136 cm³/mol. The molecule has 1 N–H and O–H groups in total. The van der Waals surface area contributed by atoms with Crippen LogP contribution in [0.2, 0.25) is 10.0 Å². The quantitative estimate of drug-likeness (QED) is 0.429. The van der Waals surface area contributed by atoms with Crippen LogP contribution in [0.1, 0.15) is 18.4 Å². The Balaban J connectivity index is 1.29. The van der Waals surface area contributed by atoms with E-state index < -0.39 is 15.9 Å². The van der Waals surface area contributed by atoms with Crippen LogP contribution >= 0.6 is 23.2 Å². The van der Waals surface area contributed by atoms with Crippen molar-refractivity contribution in [3.05, 3.63) is 76.3 Å². The van der Waals surface area contributed by atoms with Crippen LogP contribution in [-0.2, 0) is 20.6 Å². The van der Waals surface area contributed by atoms with Crippen LogP contribution in [0.3, 0.4) is 0 Å². The molecule has 0 radical (unpaired) electrons. The number of hydrogen-bond acceptors (Lipinski definition) is 4. The van der Waals surface area contributed by atoms with Crippen LogP contribution in [0.5, 0.6) is 5.75 Å². The van der Waals surface area contributed by atoms with Crippen LogP contribution in [0.25, 0.3) is 10.8 Å². The summed E-state index contributed by atoms with van der Waals surface area (Å²) in [4.78, 5) is 12.7. The summed E-state index contributed by atoms with van der Waals surface area (Å²) < 4.78 is 33.2. The van der Waals surface area contributed by atoms with E-state index in [9.17, 15) is 13.2 Å². The Morgan fingerprint density at radius 2 is 1.85 bits per heavy atom. The Labute approximate surface area is 209 Å². The molecule has 3 aromatic carbocycles. The number of ether oxygens (including phenoxy) is 1. The Morgan fingerprint density at radius 3 is 2.68 bits per heavy atom. The first kappa shape index (κ1) is 24.8. The number of nitrogens with zero attached hydrogens (tertiary/aromatic N) is 1. The molecule has 3 aromatic rings. The van der Waals surface area contributed by atoms with E-state index in [4.69, 9.17) is 27.9 Å². The van der Waals surface area contributed by atoms with Gasteiger partial charge in [-0.2, -0.15) is 0 Å². The number of hydrogen-bond donors (Lipinski definition) is 1. The Morgan fingerprint density at radius 1 is 1.06 bits per heavy atom. The SMILES string of the molecule is O=C(NCCOc1cccc2ccccc12)[C@@H]1CCCN(S(=O)(=O)Cc2ccc(Cl)c(Cl)c2)C1. The fraction of sp³-hybridized carbons (Fsp3) is 0.320. The zero-order valence-electron chi connectivity index (χ0n) is 18.5. The van der Waals surface area contributed by atoms with Crippen LogP contribution in [0.4, 0.5) is 0 Å². The summed E-state index contributed by atoms with van der Waals surface area (Å²) in [7, 11) is -3.59. The van der Waals surface area contributed by atoms with Gasteiger partial charge in [0, 0.05) is 18.5 Å². The molecule has 6 nitrogen and oxygen atoms in total. The third-order valence-corrected chi connectivity index (χ3v) is 8.45. The van der Waals surface area contributed by atoms with E-state index in [1.165, 1.54) is 4.31 Å². The van der Waals surface area contributed by atoms with Gasteiger partial charge in [-0.25, -0.2) is 12.7 Å². The van der Waals surface area contributed by atoms with Gasteiger partial charge in [0.2, 0.25) is 15.9 Å². The monoisotopic (exact) mass is 520 g/mol. The van der Waals surface area contributed by atoms with Gasteiger partial charge >= 0.3 is 0 Å². The minimum atomic E-state index is -3.59. The van der Waals surface area contributed by atoms with E-state index in [0.717, 1.165) is 16.5 Å². The topological polar surface area (TPSA) is 75.7 Å². The zero-order valence-corrected chi connectivity index (χ0v) is 20.9. The number of halogens is 2. The molecule has 0 aliphatic carbocycles. The molecule has 9 heteroatoms. The molecule has 34 heavy (non-hydrogen) atoms. The van der Waals surface area contributed by atoms with Crippen LogP contribution in [0.15, 0.2) is 60.7 Å². The molecule has 1 fully saturated rings. The van der Waals surface area contributed by atoms with Crippen molar-refractivity contribution in [1.29, 1.82) is 0 Å². The molecule has 1 saturated heterocycles. The van der Waals surface area contributed by atoms with Crippen LogP contribution < -0.4 is 10.1 Å². The summed E-state index contributed by atoms with van der Waals surface area (Å²) in [5.41, 5.74) is 0.562. The van der Waals surface area contributed by atoms with Gasteiger partial charge in [-0.1, -0.05) is 65.7 Å². The Hall–Kier alpha value is -2.32. The van der Waals surface area contributed by atoms with E-state index in [-0.39, 0.29) is 18.2 Å². The van der Waals surface area contributed by atoms with Crippen molar-refractivity contribution in [2.75, 3.05) is 26.2 Å². The second kappa shape index (κ2) is 11.0. The smallest absolute Gasteiger partial charge is 0.224 e. The lowest BCUT2D eigenvalue weighted by atomic mass is 9.99. The summed E-state index contributed by atoms with van der Waals surface area (Å²) in [6, 6.07) is 18.6. The summed E-state index contributed by atoms with van der Waals surface area (Å²) in [6.07, 6.45) is 1.28. The van der Waals surface area contributed by atoms with Gasteiger partial charge in [-0.3, -0.25) is 4.79 Å². The maximum Gasteiger partial charge on any atom is 0.224 e. The molecule has 0 bridgehead atoms. The van der Waals surface area contributed by atoms with Gasteiger partial charge in [0.05, 0.1) is 28.3 Å². The minimum absolute atomic E-state index is 0.157. The third-order valence-electron chi connectivity index (χ3n) is 5.89. The normalized spacial score (nSPS) is 16.9. The maximum absolute atomic E-state index is 12.9. The lowest BCUT2D eigenvalue weighted by Crippen LogP contribution is -2.46. The second-order valence-corrected chi connectivity index (χ2v) is 11.1. The van der Waals surface area contributed by atoms with E-state index >= 15 is 0 Å². The van der Waals surface area contributed by atoms with E-state index in [1.54, 1.807) is 18.2 Å². The molecule has 1 aliphatic rings. The van der Waals surface area contributed by atoms with Crippen LogP contribution in [0, 0.1) is 5.92 Å². The maximum atomic E-state index is 12.9. The van der Waals surface area contributed by atoms with Crippen molar-refractivity contribution in [2.24, 2.45) is 5.92 Å². The first-order valence-electron chi connectivity index (χ1n) is 11.1. The average molecular weight is 521 g/mol. The summed E-state index contributed by atoms with van der Waals surface area (Å²) in [6.45, 7) is 1.23. The molecule has 1 atom stereocenters. The highest BCUT2D eigenvalue weighted by Gasteiger charge is 2.32. The summed E-state index contributed by atoms with van der Waals surface area (Å²) in [5.74, 6) is 0.0346. The molecule has 0 aromatic heterocycles. The number of amides is 1. The number of benzene rings is 3. The van der Waals surface area contributed by atoms with E-state index in [0.29, 0.717) is 48.1 Å². The van der Waals surface area contributed by atoms with Gasteiger partial charge in [-0.15, -0.1) is 0 Å². The average Bonchev–Trinajstić information content (AvgIpc) is 2.84. The van der Waals surface area contributed by atoms with Gasteiger partial charge < -0.3 is 10.1 Å². The fourth-order valence-corrected chi connectivity index (χ4v) is 6.06. The molecule has 1 heterocycles. The first-order chi connectivity index (χ1) is 16.3. The zero-order chi connectivity index (χ0) is 24.1. The predicted octanol–water partition coefficient (Wildman–Crippen LogP) is 4.88. The third kappa shape index (κ3) is 6.02. The van der Waals surface area contributed by atoms with E-state index in [1.807, 2.05) is 42.5 Å². The van der Waals surface area contributed by atoms with Gasteiger partial charge in [0.1, 0.15) is 12.4 Å². The second-order valence-electron chi connectivity index (χ2n) is 8.32.